The first-order chi connectivity index (χ1) is 10.2. The number of rotatable bonds is 2. The van der Waals surface area contributed by atoms with Gasteiger partial charge in [-0.1, -0.05) is 6.92 Å². The van der Waals surface area contributed by atoms with Crippen molar-refractivity contribution in [3.8, 4) is 11.3 Å². The topological polar surface area (TPSA) is 64.7 Å². The zero-order valence-corrected chi connectivity index (χ0v) is 11.9. The van der Waals surface area contributed by atoms with E-state index in [0.717, 1.165) is 40.7 Å². The molecule has 1 aliphatic rings. The van der Waals surface area contributed by atoms with Crippen molar-refractivity contribution < 1.29 is 0 Å². The molecule has 0 aliphatic heterocycles. The number of aromatic nitrogens is 3. The van der Waals surface area contributed by atoms with Crippen LogP contribution in [0.25, 0.3) is 22.2 Å². The number of nitrogen functional groups attached to an aromatic ring is 1. The molecule has 0 aromatic carbocycles. The van der Waals surface area contributed by atoms with Gasteiger partial charge >= 0.3 is 0 Å². The number of fused-ring (bicyclic) bond motifs is 1. The van der Waals surface area contributed by atoms with E-state index >= 15 is 0 Å². The Kier molecular flexibility index (Phi) is 2.48. The normalized spacial score (nSPS) is 16.0. The van der Waals surface area contributed by atoms with Crippen LogP contribution in [0.2, 0.25) is 0 Å². The summed E-state index contributed by atoms with van der Waals surface area (Å²) in [5, 5.41) is 0.992. The first-order valence-electron chi connectivity index (χ1n) is 7.13. The third-order valence-corrected chi connectivity index (χ3v) is 4.39. The molecule has 0 unspecified atom stereocenters. The van der Waals surface area contributed by atoms with Crippen molar-refractivity contribution in [2.24, 2.45) is 0 Å². The van der Waals surface area contributed by atoms with E-state index in [2.05, 4.69) is 16.9 Å². The summed E-state index contributed by atoms with van der Waals surface area (Å²) in [5.41, 5.74) is 11.5. The van der Waals surface area contributed by atoms with Crippen molar-refractivity contribution in [1.82, 2.24) is 15.0 Å². The summed E-state index contributed by atoms with van der Waals surface area (Å²) in [7, 11) is 0. The van der Waals surface area contributed by atoms with Crippen LogP contribution in [0.4, 0.5) is 5.69 Å². The van der Waals surface area contributed by atoms with Gasteiger partial charge in [-0.3, -0.25) is 9.97 Å². The molecule has 4 heteroatoms. The summed E-state index contributed by atoms with van der Waals surface area (Å²) in [4.78, 5) is 13.1. The van der Waals surface area contributed by atoms with Crippen molar-refractivity contribution in [3.05, 3.63) is 48.5 Å². The second-order valence-electron chi connectivity index (χ2n) is 5.94. The first-order valence-corrected chi connectivity index (χ1v) is 7.13. The van der Waals surface area contributed by atoms with Crippen molar-refractivity contribution in [1.29, 1.82) is 0 Å². The molecule has 0 saturated heterocycles. The molecule has 3 aromatic heterocycles. The Morgan fingerprint density at radius 1 is 1.05 bits per heavy atom. The molecule has 0 amide bonds. The number of anilines is 1. The molecule has 1 saturated carbocycles. The summed E-state index contributed by atoms with van der Waals surface area (Å²) in [5.74, 6) is 0. The maximum absolute atomic E-state index is 6.50. The maximum atomic E-state index is 6.50. The zero-order valence-electron chi connectivity index (χ0n) is 11.9. The molecule has 4 rings (SSSR count). The molecular formula is C17H16N4. The van der Waals surface area contributed by atoms with Gasteiger partial charge in [-0.05, 0) is 36.5 Å². The van der Waals surface area contributed by atoms with E-state index in [1.165, 1.54) is 5.56 Å². The molecule has 0 spiro atoms. The van der Waals surface area contributed by atoms with Gasteiger partial charge in [-0.15, -0.1) is 0 Å². The molecule has 3 aromatic rings. The number of nitrogens with zero attached hydrogens (tertiary/aromatic N) is 3. The molecular weight excluding hydrogens is 260 g/mol. The van der Waals surface area contributed by atoms with Crippen molar-refractivity contribution in [3.63, 3.8) is 0 Å². The highest BCUT2D eigenvalue weighted by molar-refractivity contribution is 5.95. The smallest absolute Gasteiger partial charge is 0.0913 e. The Hall–Kier alpha value is -2.49. The third-order valence-electron chi connectivity index (χ3n) is 4.39. The lowest BCUT2D eigenvalue weighted by atomic mass is 9.90. The second-order valence-corrected chi connectivity index (χ2v) is 5.94. The van der Waals surface area contributed by atoms with Crippen LogP contribution in [0.15, 0.2) is 43.0 Å². The fraction of sp³-hybridized carbons (Fsp3) is 0.235. The minimum Gasteiger partial charge on any atom is -0.398 e. The van der Waals surface area contributed by atoms with Crippen LogP contribution in [-0.2, 0) is 5.41 Å². The Labute approximate surface area is 123 Å². The van der Waals surface area contributed by atoms with Crippen molar-refractivity contribution >= 4 is 16.6 Å². The molecule has 3 heterocycles. The monoisotopic (exact) mass is 276 g/mol. The van der Waals surface area contributed by atoms with Crippen molar-refractivity contribution in [2.75, 3.05) is 5.73 Å². The summed E-state index contributed by atoms with van der Waals surface area (Å²) in [6, 6.07) is 5.92. The van der Waals surface area contributed by atoms with E-state index in [1.54, 1.807) is 24.8 Å². The molecule has 2 N–H and O–H groups in total. The van der Waals surface area contributed by atoms with E-state index in [0.29, 0.717) is 0 Å². The Balaban J connectivity index is 2.09. The minimum absolute atomic E-state index is 0.146. The Morgan fingerprint density at radius 3 is 2.48 bits per heavy atom. The van der Waals surface area contributed by atoms with Gasteiger partial charge in [0.2, 0.25) is 0 Å². The van der Waals surface area contributed by atoms with Crippen molar-refractivity contribution in [2.45, 2.75) is 25.2 Å². The minimum atomic E-state index is 0.146. The van der Waals surface area contributed by atoms with Crippen LogP contribution in [0.3, 0.4) is 0 Å². The van der Waals surface area contributed by atoms with E-state index < -0.39 is 0 Å². The quantitative estimate of drug-likeness (QED) is 0.779. The molecule has 1 aliphatic carbocycles. The Bertz CT molecular complexity index is 823. The molecule has 104 valence electrons. The van der Waals surface area contributed by atoms with Gasteiger partial charge in [0.25, 0.3) is 0 Å². The average molecular weight is 276 g/mol. The van der Waals surface area contributed by atoms with Crippen LogP contribution in [0.5, 0.6) is 0 Å². The Morgan fingerprint density at radius 2 is 1.76 bits per heavy atom. The van der Waals surface area contributed by atoms with Crippen LogP contribution in [-0.4, -0.2) is 15.0 Å². The van der Waals surface area contributed by atoms with Crippen LogP contribution >= 0.6 is 0 Å². The molecule has 21 heavy (non-hydrogen) atoms. The van der Waals surface area contributed by atoms with Gasteiger partial charge in [0.15, 0.2) is 0 Å². The van der Waals surface area contributed by atoms with Gasteiger partial charge in [0.1, 0.15) is 0 Å². The predicted octanol–water partition coefficient (Wildman–Crippen LogP) is 3.33. The first kappa shape index (κ1) is 12.3. The van der Waals surface area contributed by atoms with Gasteiger partial charge in [-0.25, -0.2) is 4.98 Å². The number of pyridine rings is 3. The summed E-state index contributed by atoms with van der Waals surface area (Å²) in [6.07, 6.45) is 9.45. The lowest BCUT2D eigenvalue weighted by Gasteiger charge is -2.19. The van der Waals surface area contributed by atoms with E-state index in [1.807, 2.05) is 18.2 Å². The molecule has 4 nitrogen and oxygen atoms in total. The SMILES string of the molecule is CC1(c2c(-c3ccncc3)nc3cnccc3c2N)CC1. The number of nitrogens with two attached hydrogens (primary N) is 1. The van der Waals surface area contributed by atoms with Gasteiger partial charge in [0, 0.05) is 40.8 Å². The fourth-order valence-electron chi connectivity index (χ4n) is 2.91. The number of hydrogen-bond acceptors (Lipinski definition) is 4. The molecule has 1 fully saturated rings. The van der Waals surface area contributed by atoms with E-state index in [9.17, 15) is 0 Å². The summed E-state index contributed by atoms with van der Waals surface area (Å²) in [6.45, 7) is 2.26. The van der Waals surface area contributed by atoms with Gasteiger partial charge in [-0.2, -0.15) is 0 Å². The average Bonchev–Trinajstić information content (AvgIpc) is 3.26. The molecule has 0 bridgehead atoms. The summed E-state index contributed by atoms with van der Waals surface area (Å²) < 4.78 is 0. The second kappa shape index (κ2) is 4.25. The van der Waals surface area contributed by atoms with Crippen LogP contribution < -0.4 is 5.73 Å². The number of hydrogen-bond donors (Lipinski definition) is 1. The standard InChI is InChI=1S/C17H16N4/c1-17(5-6-17)14-15(18)12-4-9-20-10-13(12)21-16(14)11-2-7-19-8-3-11/h2-4,7-10H,5-6H2,1H3,(H2,18,21). The maximum Gasteiger partial charge on any atom is 0.0913 e. The zero-order chi connectivity index (χ0) is 14.4. The largest absolute Gasteiger partial charge is 0.398 e. The van der Waals surface area contributed by atoms with E-state index in [4.69, 9.17) is 10.7 Å². The van der Waals surface area contributed by atoms with E-state index in [-0.39, 0.29) is 5.41 Å². The van der Waals surface area contributed by atoms with Crippen LogP contribution in [0, 0.1) is 0 Å². The lowest BCUT2D eigenvalue weighted by molar-refractivity contribution is 0.790. The third kappa shape index (κ3) is 1.87. The highest BCUT2D eigenvalue weighted by atomic mass is 14.8. The molecule has 0 radical (unpaired) electrons. The predicted molar refractivity (Wildman–Crippen MR) is 83.8 cm³/mol. The highest BCUT2D eigenvalue weighted by Crippen LogP contribution is 2.53. The summed E-state index contributed by atoms with van der Waals surface area (Å²) >= 11 is 0. The van der Waals surface area contributed by atoms with Gasteiger partial charge in [0.05, 0.1) is 17.4 Å². The highest BCUT2D eigenvalue weighted by Gasteiger charge is 2.43. The lowest BCUT2D eigenvalue weighted by Crippen LogP contribution is -2.10. The van der Waals surface area contributed by atoms with Gasteiger partial charge < -0.3 is 5.73 Å². The fourth-order valence-corrected chi connectivity index (χ4v) is 2.91. The molecule has 0 atom stereocenters. The van der Waals surface area contributed by atoms with Crippen LogP contribution in [0.1, 0.15) is 25.3 Å².